The Morgan fingerprint density at radius 3 is 2.55 bits per heavy atom. The molecule has 2 N–H and O–H groups in total. The molecule has 4 heteroatoms. The lowest BCUT2D eigenvalue weighted by Crippen LogP contribution is -2.40. The fraction of sp³-hybridized carbons (Fsp3) is 0.333. The van der Waals surface area contributed by atoms with Crippen molar-refractivity contribution < 1.29 is 14.7 Å². The first-order valence-electron chi connectivity index (χ1n) is 7.60. The molecule has 2 rings (SSSR count). The average Bonchev–Trinajstić information content (AvgIpc) is 2.52. The van der Waals surface area contributed by atoms with E-state index in [1.54, 1.807) is 6.92 Å². The molecule has 116 valence electrons. The highest BCUT2D eigenvalue weighted by Gasteiger charge is 2.16. The highest BCUT2D eigenvalue weighted by atomic mass is 16.4. The lowest BCUT2D eigenvalue weighted by Gasteiger charge is -2.12. The molecule has 0 heterocycles. The highest BCUT2D eigenvalue weighted by molar-refractivity contribution is 5.84. The molecule has 0 radical (unpaired) electrons. The van der Waals surface area contributed by atoms with E-state index in [0.717, 1.165) is 6.42 Å². The summed E-state index contributed by atoms with van der Waals surface area (Å²) < 4.78 is 0. The van der Waals surface area contributed by atoms with Crippen LogP contribution in [0, 0.1) is 0 Å². The van der Waals surface area contributed by atoms with E-state index in [-0.39, 0.29) is 5.91 Å². The van der Waals surface area contributed by atoms with Crippen LogP contribution in [0.3, 0.4) is 0 Å². The predicted molar refractivity (Wildman–Crippen MR) is 86.7 cm³/mol. The minimum absolute atomic E-state index is 0.199. The SMILES string of the molecule is CCC(NC(=O)CCCc1ccc2ccccc2c1)C(=O)O. The maximum Gasteiger partial charge on any atom is 0.326 e. The van der Waals surface area contributed by atoms with Crippen molar-refractivity contribution in [3.8, 4) is 0 Å². The molecule has 0 aliphatic heterocycles. The Morgan fingerprint density at radius 1 is 1.14 bits per heavy atom. The van der Waals surface area contributed by atoms with Crippen LogP contribution in [-0.2, 0) is 16.0 Å². The van der Waals surface area contributed by atoms with E-state index < -0.39 is 12.0 Å². The number of carboxylic acids is 1. The third-order valence-electron chi connectivity index (χ3n) is 3.72. The van der Waals surface area contributed by atoms with Gasteiger partial charge >= 0.3 is 5.97 Å². The van der Waals surface area contributed by atoms with E-state index >= 15 is 0 Å². The molecule has 2 aromatic rings. The van der Waals surface area contributed by atoms with Gasteiger partial charge in [-0.3, -0.25) is 4.79 Å². The smallest absolute Gasteiger partial charge is 0.326 e. The molecular weight excluding hydrogens is 278 g/mol. The largest absolute Gasteiger partial charge is 0.480 e. The van der Waals surface area contributed by atoms with E-state index in [1.165, 1.54) is 16.3 Å². The Kier molecular flexibility index (Phi) is 5.53. The van der Waals surface area contributed by atoms with Gasteiger partial charge in [0.05, 0.1) is 0 Å². The number of aryl methyl sites for hydroxylation is 1. The summed E-state index contributed by atoms with van der Waals surface area (Å²) in [5.41, 5.74) is 1.19. The minimum Gasteiger partial charge on any atom is -0.480 e. The number of carbonyl (C=O) groups is 2. The molecule has 4 nitrogen and oxygen atoms in total. The van der Waals surface area contributed by atoms with Gasteiger partial charge in [-0.25, -0.2) is 4.79 Å². The molecule has 0 aliphatic carbocycles. The number of carboxylic acid groups (broad SMARTS) is 1. The second-order valence-corrected chi connectivity index (χ2v) is 5.40. The van der Waals surface area contributed by atoms with E-state index in [1.807, 2.05) is 12.1 Å². The number of nitrogens with one attached hydrogen (secondary N) is 1. The highest BCUT2D eigenvalue weighted by Crippen LogP contribution is 2.17. The monoisotopic (exact) mass is 299 g/mol. The zero-order valence-electron chi connectivity index (χ0n) is 12.7. The maximum atomic E-state index is 11.7. The van der Waals surface area contributed by atoms with E-state index in [9.17, 15) is 9.59 Å². The molecule has 0 aromatic heterocycles. The van der Waals surface area contributed by atoms with Gasteiger partial charge in [0.2, 0.25) is 5.91 Å². The van der Waals surface area contributed by atoms with Crippen molar-refractivity contribution in [3.05, 3.63) is 48.0 Å². The van der Waals surface area contributed by atoms with Crippen LogP contribution in [0.25, 0.3) is 10.8 Å². The van der Waals surface area contributed by atoms with Crippen LogP contribution in [0.5, 0.6) is 0 Å². The third kappa shape index (κ3) is 4.32. The quantitative estimate of drug-likeness (QED) is 0.825. The standard InChI is InChI=1S/C18H21NO3/c1-2-16(18(21)22)19-17(20)9-5-6-13-10-11-14-7-3-4-8-15(14)12-13/h3-4,7-8,10-12,16H,2,5-6,9H2,1H3,(H,19,20)(H,21,22). The lowest BCUT2D eigenvalue weighted by atomic mass is 10.0. The van der Waals surface area contributed by atoms with Crippen LogP contribution in [0.4, 0.5) is 0 Å². The second-order valence-electron chi connectivity index (χ2n) is 5.40. The summed E-state index contributed by atoms with van der Waals surface area (Å²) in [4.78, 5) is 22.6. The van der Waals surface area contributed by atoms with E-state index in [2.05, 4.69) is 35.6 Å². The number of aliphatic carboxylic acids is 1. The molecule has 2 aromatic carbocycles. The van der Waals surface area contributed by atoms with E-state index in [0.29, 0.717) is 19.3 Å². The third-order valence-corrected chi connectivity index (χ3v) is 3.72. The summed E-state index contributed by atoms with van der Waals surface area (Å²) in [5, 5.41) is 13.9. The maximum absolute atomic E-state index is 11.7. The summed E-state index contributed by atoms with van der Waals surface area (Å²) in [5.74, 6) is -1.18. The lowest BCUT2D eigenvalue weighted by molar-refractivity contribution is -0.141. The fourth-order valence-electron chi connectivity index (χ4n) is 2.45. The summed E-state index contributed by atoms with van der Waals surface area (Å²) in [6, 6.07) is 13.7. The van der Waals surface area contributed by atoms with Crippen LogP contribution in [0.2, 0.25) is 0 Å². The van der Waals surface area contributed by atoms with Crippen molar-refractivity contribution in [1.29, 1.82) is 0 Å². The number of benzene rings is 2. The van der Waals surface area contributed by atoms with Crippen LogP contribution in [0.15, 0.2) is 42.5 Å². The molecule has 1 unspecified atom stereocenters. The Bertz CT molecular complexity index is 666. The fourth-order valence-corrected chi connectivity index (χ4v) is 2.45. The van der Waals surface area contributed by atoms with Crippen LogP contribution in [0.1, 0.15) is 31.7 Å². The number of fused-ring (bicyclic) bond motifs is 1. The van der Waals surface area contributed by atoms with Crippen molar-refractivity contribution in [3.63, 3.8) is 0 Å². The molecule has 0 saturated heterocycles. The van der Waals surface area contributed by atoms with E-state index in [4.69, 9.17) is 5.11 Å². The Balaban J connectivity index is 1.84. The van der Waals surface area contributed by atoms with Gasteiger partial charge in [-0.05, 0) is 35.6 Å². The van der Waals surface area contributed by atoms with Gasteiger partial charge < -0.3 is 10.4 Å². The Labute approximate surface area is 130 Å². The van der Waals surface area contributed by atoms with Gasteiger partial charge in [0.25, 0.3) is 0 Å². The van der Waals surface area contributed by atoms with Gasteiger partial charge in [-0.15, -0.1) is 0 Å². The second kappa shape index (κ2) is 7.59. The first kappa shape index (κ1) is 16.0. The van der Waals surface area contributed by atoms with Crippen molar-refractivity contribution in [1.82, 2.24) is 5.32 Å². The minimum atomic E-state index is -0.981. The van der Waals surface area contributed by atoms with Crippen LogP contribution >= 0.6 is 0 Å². The molecule has 0 fully saturated rings. The van der Waals surface area contributed by atoms with Crippen molar-refractivity contribution >= 4 is 22.6 Å². The number of hydrogen-bond acceptors (Lipinski definition) is 2. The normalized spacial score (nSPS) is 12.0. The first-order valence-corrected chi connectivity index (χ1v) is 7.60. The van der Waals surface area contributed by atoms with Crippen molar-refractivity contribution in [2.45, 2.75) is 38.6 Å². The van der Waals surface area contributed by atoms with Crippen molar-refractivity contribution in [2.75, 3.05) is 0 Å². The molecule has 22 heavy (non-hydrogen) atoms. The average molecular weight is 299 g/mol. The van der Waals surface area contributed by atoms with Crippen LogP contribution < -0.4 is 5.32 Å². The molecule has 0 saturated carbocycles. The molecule has 1 atom stereocenters. The first-order chi connectivity index (χ1) is 10.6. The summed E-state index contributed by atoms with van der Waals surface area (Å²) in [6.45, 7) is 1.74. The molecular formula is C18H21NO3. The number of hydrogen-bond donors (Lipinski definition) is 2. The number of rotatable bonds is 7. The molecule has 0 bridgehead atoms. The van der Waals surface area contributed by atoms with Gasteiger partial charge in [0.15, 0.2) is 0 Å². The van der Waals surface area contributed by atoms with Gasteiger partial charge in [-0.2, -0.15) is 0 Å². The summed E-state index contributed by atoms with van der Waals surface area (Å²) >= 11 is 0. The topological polar surface area (TPSA) is 66.4 Å². The van der Waals surface area contributed by atoms with Gasteiger partial charge in [0, 0.05) is 6.42 Å². The molecule has 0 spiro atoms. The van der Waals surface area contributed by atoms with Gasteiger partial charge in [0.1, 0.15) is 6.04 Å². The summed E-state index contributed by atoms with van der Waals surface area (Å²) in [6.07, 6.45) is 2.25. The predicted octanol–water partition coefficient (Wildman–Crippen LogP) is 3.14. The molecule has 0 aliphatic rings. The summed E-state index contributed by atoms with van der Waals surface area (Å²) in [7, 11) is 0. The van der Waals surface area contributed by atoms with Gasteiger partial charge in [-0.1, -0.05) is 49.4 Å². The number of carbonyl (C=O) groups excluding carboxylic acids is 1. The Hall–Kier alpha value is -2.36. The zero-order valence-corrected chi connectivity index (χ0v) is 12.7. The Morgan fingerprint density at radius 2 is 1.86 bits per heavy atom. The number of amides is 1. The zero-order chi connectivity index (χ0) is 15.9. The van der Waals surface area contributed by atoms with Crippen molar-refractivity contribution in [2.24, 2.45) is 0 Å². The molecule has 1 amide bonds. The van der Waals surface area contributed by atoms with Crippen LogP contribution in [-0.4, -0.2) is 23.0 Å².